The Morgan fingerprint density at radius 2 is 1.96 bits per heavy atom. The summed E-state index contributed by atoms with van der Waals surface area (Å²) in [5, 5.41) is 13.2. The largest absolute Gasteiger partial charge is 0.394 e. The number of aliphatic hydroxyl groups is 1. The van der Waals surface area contributed by atoms with Gasteiger partial charge in [-0.25, -0.2) is 0 Å². The van der Waals surface area contributed by atoms with E-state index in [9.17, 15) is 4.79 Å². The molecule has 1 N–H and O–H groups in total. The van der Waals surface area contributed by atoms with Gasteiger partial charge in [0.2, 0.25) is 0 Å². The minimum absolute atomic E-state index is 0.0456. The van der Waals surface area contributed by atoms with Gasteiger partial charge in [-0.2, -0.15) is 5.10 Å². The molecule has 4 rings (SSSR count). The molecular formula is C23H25N3O2. The summed E-state index contributed by atoms with van der Waals surface area (Å²) in [6.45, 7) is 0.537. The number of carbonyl (C=O) groups is 1. The van der Waals surface area contributed by atoms with Crippen molar-refractivity contribution in [1.82, 2.24) is 14.7 Å². The predicted molar refractivity (Wildman–Crippen MR) is 109 cm³/mol. The van der Waals surface area contributed by atoms with Crippen molar-refractivity contribution in [2.45, 2.75) is 31.8 Å². The fourth-order valence-corrected chi connectivity index (χ4v) is 4.02. The zero-order valence-corrected chi connectivity index (χ0v) is 16.1. The lowest BCUT2D eigenvalue weighted by Gasteiger charge is -2.33. The third-order valence-corrected chi connectivity index (χ3v) is 5.55. The van der Waals surface area contributed by atoms with E-state index in [-0.39, 0.29) is 18.6 Å². The molecule has 0 saturated heterocycles. The van der Waals surface area contributed by atoms with Gasteiger partial charge in [-0.1, -0.05) is 36.4 Å². The molecule has 1 heterocycles. The second-order valence-electron chi connectivity index (χ2n) is 7.32. The number of aliphatic hydroxyl groups excluding tert-OH is 1. The number of carbonyl (C=O) groups excluding carboxylic acids is 1. The van der Waals surface area contributed by atoms with E-state index in [1.54, 1.807) is 10.9 Å². The van der Waals surface area contributed by atoms with Crippen molar-refractivity contribution in [3.63, 3.8) is 0 Å². The molecule has 2 aromatic carbocycles. The van der Waals surface area contributed by atoms with Gasteiger partial charge in [0.25, 0.3) is 5.91 Å². The van der Waals surface area contributed by atoms with Crippen LogP contribution in [0.4, 0.5) is 0 Å². The molecule has 1 atom stereocenters. The van der Waals surface area contributed by atoms with Crippen molar-refractivity contribution in [1.29, 1.82) is 0 Å². The van der Waals surface area contributed by atoms with Gasteiger partial charge in [0, 0.05) is 24.4 Å². The van der Waals surface area contributed by atoms with Gasteiger partial charge in [0.15, 0.2) is 0 Å². The van der Waals surface area contributed by atoms with Crippen LogP contribution in [-0.2, 0) is 13.0 Å². The van der Waals surface area contributed by atoms with Crippen molar-refractivity contribution in [3.8, 4) is 11.1 Å². The fraction of sp³-hybridized carbons (Fsp3) is 0.304. The molecule has 1 aliphatic carbocycles. The standard InChI is InChI=1S/C23H25N3O2/c1-25(22-8-4-6-18-5-2-3-7-21(18)22)23(28)19-11-9-17(10-12-19)20-15-24-26(16-20)13-14-27/h2-3,5,7,9-12,15-16,22,27H,4,6,8,13-14H2,1H3/t22-/m0/s1. The molecule has 0 bridgehead atoms. The minimum Gasteiger partial charge on any atom is -0.394 e. The van der Waals surface area contributed by atoms with E-state index in [1.807, 2.05) is 42.4 Å². The Balaban J connectivity index is 1.52. The van der Waals surface area contributed by atoms with Crippen molar-refractivity contribution in [3.05, 3.63) is 77.6 Å². The predicted octanol–water partition coefficient (Wildman–Crippen LogP) is 3.69. The molecule has 144 valence electrons. The number of hydrogen-bond acceptors (Lipinski definition) is 3. The van der Waals surface area contributed by atoms with E-state index >= 15 is 0 Å². The van der Waals surface area contributed by atoms with Crippen LogP contribution in [0.15, 0.2) is 60.9 Å². The van der Waals surface area contributed by atoms with E-state index in [1.165, 1.54) is 11.1 Å². The molecule has 0 unspecified atom stereocenters. The number of nitrogens with zero attached hydrogens (tertiary/aromatic N) is 3. The molecule has 1 aromatic heterocycles. The van der Waals surface area contributed by atoms with Gasteiger partial charge in [0.1, 0.15) is 0 Å². The highest BCUT2D eigenvalue weighted by Crippen LogP contribution is 2.34. The lowest BCUT2D eigenvalue weighted by atomic mass is 9.87. The first-order chi connectivity index (χ1) is 13.7. The Hall–Kier alpha value is -2.92. The van der Waals surface area contributed by atoms with E-state index in [2.05, 4.69) is 29.4 Å². The first kappa shape index (κ1) is 18.4. The molecule has 5 heteroatoms. The first-order valence-electron chi connectivity index (χ1n) is 9.76. The summed E-state index contributed by atoms with van der Waals surface area (Å²) in [7, 11) is 1.90. The van der Waals surface area contributed by atoms with Crippen LogP contribution in [0.2, 0.25) is 0 Å². The van der Waals surface area contributed by atoms with E-state index < -0.39 is 0 Å². The van der Waals surface area contributed by atoms with E-state index in [0.29, 0.717) is 12.1 Å². The Kier molecular flexibility index (Phi) is 5.26. The summed E-state index contributed by atoms with van der Waals surface area (Å²) in [4.78, 5) is 15.0. The molecule has 0 aliphatic heterocycles. The van der Waals surface area contributed by atoms with Gasteiger partial charge in [-0.3, -0.25) is 9.48 Å². The number of benzene rings is 2. The molecule has 0 radical (unpaired) electrons. The van der Waals surface area contributed by atoms with Crippen LogP contribution in [0.25, 0.3) is 11.1 Å². The molecule has 28 heavy (non-hydrogen) atoms. The Labute approximate surface area is 165 Å². The van der Waals surface area contributed by atoms with Crippen molar-refractivity contribution in [2.75, 3.05) is 13.7 Å². The summed E-state index contributed by atoms with van der Waals surface area (Å²) < 4.78 is 1.71. The summed E-state index contributed by atoms with van der Waals surface area (Å²) >= 11 is 0. The zero-order valence-electron chi connectivity index (χ0n) is 16.1. The highest BCUT2D eigenvalue weighted by atomic mass is 16.3. The van der Waals surface area contributed by atoms with Gasteiger partial charge in [0.05, 0.1) is 25.4 Å². The lowest BCUT2D eigenvalue weighted by molar-refractivity contribution is 0.0715. The monoisotopic (exact) mass is 375 g/mol. The van der Waals surface area contributed by atoms with Crippen LogP contribution in [0.1, 0.15) is 40.4 Å². The average molecular weight is 375 g/mol. The maximum absolute atomic E-state index is 13.1. The normalized spacial score (nSPS) is 15.9. The summed E-state index contributed by atoms with van der Waals surface area (Å²) in [5.74, 6) is 0.0456. The Morgan fingerprint density at radius 3 is 2.75 bits per heavy atom. The maximum atomic E-state index is 13.1. The summed E-state index contributed by atoms with van der Waals surface area (Å²) in [6.07, 6.45) is 6.88. The topological polar surface area (TPSA) is 58.4 Å². The molecular weight excluding hydrogens is 350 g/mol. The summed E-state index contributed by atoms with van der Waals surface area (Å²) in [5.41, 5.74) is 5.30. The van der Waals surface area contributed by atoms with Crippen LogP contribution in [-0.4, -0.2) is 39.3 Å². The highest BCUT2D eigenvalue weighted by molar-refractivity contribution is 5.94. The van der Waals surface area contributed by atoms with Crippen LogP contribution in [0.5, 0.6) is 0 Å². The lowest BCUT2D eigenvalue weighted by Crippen LogP contribution is -2.33. The smallest absolute Gasteiger partial charge is 0.254 e. The number of fused-ring (bicyclic) bond motifs is 1. The molecule has 3 aromatic rings. The molecule has 5 nitrogen and oxygen atoms in total. The second-order valence-corrected chi connectivity index (χ2v) is 7.32. The fourth-order valence-electron chi connectivity index (χ4n) is 4.02. The highest BCUT2D eigenvalue weighted by Gasteiger charge is 2.27. The van der Waals surface area contributed by atoms with Crippen LogP contribution < -0.4 is 0 Å². The molecule has 0 saturated carbocycles. The van der Waals surface area contributed by atoms with Crippen molar-refractivity contribution < 1.29 is 9.90 Å². The maximum Gasteiger partial charge on any atom is 0.254 e. The van der Waals surface area contributed by atoms with Crippen molar-refractivity contribution >= 4 is 5.91 Å². The molecule has 1 aliphatic rings. The number of aryl methyl sites for hydroxylation is 1. The van der Waals surface area contributed by atoms with E-state index in [4.69, 9.17) is 5.11 Å². The SMILES string of the molecule is CN(C(=O)c1ccc(-c2cnn(CCO)c2)cc1)[C@H]1CCCc2ccccc21. The quantitative estimate of drug-likeness (QED) is 0.740. The number of hydrogen-bond donors (Lipinski definition) is 1. The minimum atomic E-state index is 0.0456. The average Bonchev–Trinajstić information content (AvgIpc) is 3.21. The van der Waals surface area contributed by atoms with Gasteiger partial charge < -0.3 is 10.0 Å². The van der Waals surface area contributed by atoms with Crippen LogP contribution in [0, 0.1) is 0 Å². The Morgan fingerprint density at radius 1 is 1.18 bits per heavy atom. The number of aromatic nitrogens is 2. The van der Waals surface area contributed by atoms with E-state index in [0.717, 1.165) is 30.4 Å². The molecule has 1 amide bonds. The molecule has 0 spiro atoms. The zero-order chi connectivity index (χ0) is 19.5. The van der Waals surface area contributed by atoms with Crippen LogP contribution in [0.3, 0.4) is 0 Å². The van der Waals surface area contributed by atoms with Crippen molar-refractivity contribution in [2.24, 2.45) is 0 Å². The molecule has 0 fully saturated rings. The second kappa shape index (κ2) is 7.98. The van der Waals surface area contributed by atoms with Gasteiger partial charge in [-0.05, 0) is 48.1 Å². The third kappa shape index (κ3) is 3.58. The van der Waals surface area contributed by atoms with Gasteiger partial charge in [-0.15, -0.1) is 0 Å². The first-order valence-corrected chi connectivity index (χ1v) is 9.76. The Bertz CT molecular complexity index is 962. The number of rotatable bonds is 5. The summed E-state index contributed by atoms with van der Waals surface area (Å²) in [6, 6.07) is 16.3. The number of amides is 1. The van der Waals surface area contributed by atoms with Crippen LogP contribution >= 0.6 is 0 Å². The third-order valence-electron chi connectivity index (χ3n) is 5.55. The van der Waals surface area contributed by atoms with Gasteiger partial charge >= 0.3 is 0 Å².